The first kappa shape index (κ1) is 11.4. The third-order valence-electron chi connectivity index (χ3n) is 3.27. The molecule has 1 atom stereocenters. The molecule has 86 valence electrons. The number of rotatable bonds is 5. The molecule has 15 heavy (non-hydrogen) atoms. The van der Waals surface area contributed by atoms with Gasteiger partial charge in [-0.2, -0.15) is 0 Å². The molecule has 2 fully saturated rings. The number of nitrogens with one attached hydrogen (secondary N) is 1. The third kappa shape index (κ3) is 4.13. The first-order valence-electron chi connectivity index (χ1n) is 6.03. The zero-order valence-electron chi connectivity index (χ0n) is 9.34. The molecule has 2 rings (SSSR count). The van der Waals surface area contributed by atoms with E-state index in [1.165, 1.54) is 45.3 Å². The van der Waals surface area contributed by atoms with Crippen LogP contribution in [0.1, 0.15) is 25.7 Å². The highest BCUT2D eigenvalue weighted by Gasteiger charge is 2.24. The van der Waals surface area contributed by atoms with Gasteiger partial charge < -0.3 is 5.32 Å². The Morgan fingerprint density at radius 1 is 1.40 bits per heavy atom. The topological polar surface area (TPSA) is 15.3 Å². The lowest BCUT2D eigenvalue weighted by Crippen LogP contribution is -2.40. The Kier molecular flexibility index (Phi) is 4.06. The summed E-state index contributed by atoms with van der Waals surface area (Å²) in [6.07, 6.45) is 5.44. The first-order valence-corrected chi connectivity index (χ1v) is 6.41. The maximum Gasteiger partial charge on any atom is 0.0335 e. The second kappa shape index (κ2) is 5.33. The largest absolute Gasteiger partial charge is 0.314 e. The fourth-order valence-electron chi connectivity index (χ4n) is 2.32. The van der Waals surface area contributed by atoms with E-state index in [0.29, 0.717) is 0 Å². The van der Waals surface area contributed by atoms with Gasteiger partial charge >= 0.3 is 0 Å². The lowest BCUT2D eigenvalue weighted by Gasteiger charge is -2.32. The molecular formula is C12H21ClN2. The van der Waals surface area contributed by atoms with Crippen LogP contribution in [-0.2, 0) is 0 Å². The van der Waals surface area contributed by atoms with Gasteiger partial charge in [-0.1, -0.05) is 18.2 Å². The van der Waals surface area contributed by atoms with Gasteiger partial charge in [0.1, 0.15) is 0 Å². The minimum atomic E-state index is 0.769. The third-order valence-corrected chi connectivity index (χ3v) is 3.39. The summed E-state index contributed by atoms with van der Waals surface area (Å²) >= 11 is 5.84. The lowest BCUT2D eigenvalue weighted by atomic mass is 9.98. The molecule has 1 aliphatic heterocycles. The number of likely N-dealkylation sites (tertiary alicyclic amines) is 1. The zero-order chi connectivity index (χ0) is 10.7. The predicted octanol–water partition coefficient (Wildman–Crippen LogP) is 2.20. The standard InChI is InChI=1S/C12H21ClN2/c1-10(13)8-15-6-2-3-11(9-15)7-14-12-4-5-12/h11-12,14H,1-9H2. The molecule has 0 aromatic heterocycles. The second-order valence-electron chi connectivity index (χ2n) is 4.94. The van der Waals surface area contributed by atoms with Crippen molar-refractivity contribution in [2.75, 3.05) is 26.2 Å². The Labute approximate surface area is 97.7 Å². The van der Waals surface area contributed by atoms with Crippen LogP contribution in [0.3, 0.4) is 0 Å². The molecule has 0 spiro atoms. The number of hydrogen-bond donors (Lipinski definition) is 1. The Balaban J connectivity index is 1.68. The summed E-state index contributed by atoms with van der Waals surface area (Å²) in [5, 5.41) is 4.39. The fraction of sp³-hybridized carbons (Fsp3) is 0.833. The second-order valence-corrected chi connectivity index (χ2v) is 5.48. The summed E-state index contributed by atoms with van der Waals surface area (Å²) in [6, 6.07) is 0.836. The quantitative estimate of drug-likeness (QED) is 0.776. The Hall–Kier alpha value is -0.0500. The average molecular weight is 229 g/mol. The molecule has 0 aromatic carbocycles. The summed E-state index contributed by atoms with van der Waals surface area (Å²) < 4.78 is 0. The highest BCUT2D eigenvalue weighted by Crippen LogP contribution is 2.21. The molecule has 1 heterocycles. The molecule has 1 saturated carbocycles. The van der Waals surface area contributed by atoms with Crippen molar-refractivity contribution in [3.05, 3.63) is 11.6 Å². The normalized spacial score (nSPS) is 27.9. The maximum atomic E-state index is 5.84. The van der Waals surface area contributed by atoms with Crippen LogP contribution in [0.25, 0.3) is 0 Å². The highest BCUT2D eigenvalue weighted by molar-refractivity contribution is 6.29. The number of halogens is 1. The van der Waals surface area contributed by atoms with Gasteiger partial charge in [-0.25, -0.2) is 0 Å². The van der Waals surface area contributed by atoms with Crippen molar-refractivity contribution in [2.24, 2.45) is 5.92 Å². The molecule has 0 amide bonds. The van der Waals surface area contributed by atoms with E-state index in [1.807, 2.05) is 0 Å². The zero-order valence-corrected chi connectivity index (χ0v) is 10.1. The van der Waals surface area contributed by atoms with Crippen molar-refractivity contribution < 1.29 is 0 Å². The smallest absolute Gasteiger partial charge is 0.0335 e. The first-order chi connectivity index (χ1) is 7.24. The van der Waals surface area contributed by atoms with E-state index in [-0.39, 0.29) is 0 Å². The number of piperidine rings is 1. The summed E-state index contributed by atoms with van der Waals surface area (Å²) in [7, 11) is 0. The Morgan fingerprint density at radius 2 is 2.20 bits per heavy atom. The predicted molar refractivity (Wildman–Crippen MR) is 65.2 cm³/mol. The van der Waals surface area contributed by atoms with Gasteiger partial charge in [-0.15, -0.1) is 0 Å². The van der Waals surface area contributed by atoms with Crippen LogP contribution in [-0.4, -0.2) is 37.1 Å². The monoisotopic (exact) mass is 228 g/mol. The van der Waals surface area contributed by atoms with E-state index >= 15 is 0 Å². The van der Waals surface area contributed by atoms with E-state index in [4.69, 9.17) is 11.6 Å². The molecule has 0 radical (unpaired) electrons. The molecule has 1 N–H and O–H groups in total. The highest BCUT2D eigenvalue weighted by atomic mass is 35.5. The molecule has 1 saturated heterocycles. The van der Waals surface area contributed by atoms with Gasteiger partial charge in [0.2, 0.25) is 0 Å². The van der Waals surface area contributed by atoms with E-state index in [9.17, 15) is 0 Å². The van der Waals surface area contributed by atoms with Crippen molar-refractivity contribution in [3.63, 3.8) is 0 Å². The van der Waals surface area contributed by atoms with Crippen molar-refractivity contribution in [1.29, 1.82) is 0 Å². The molecule has 2 aliphatic rings. The van der Waals surface area contributed by atoms with Crippen LogP contribution < -0.4 is 5.32 Å². The van der Waals surface area contributed by atoms with Gasteiger partial charge in [0, 0.05) is 24.2 Å². The molecule has 0 aromatic rings. The number of hydrogen-bond acceptors (Lipinski definition) is 2. The molecule has 3 heteroatoms. The van der Waals surface area contributed by atoms with Gasteiger partial charge in [0.15, 0.2) is 0 Å². The van der Waals surface area contributed by atoms with Gasteiger partial charge in [-0.05, 0) is 44.7 Å². The van der Waals surface area contributed by atoms with E-state index in [1.54, 1.807) is 0 Å². The van der Waals surface area contributed by atoms with Crippen LogP contribution in [0, 0.1) is 5.92 Å². The van der Waals surface area contributed by atoms with E-state index < -0.39 is 0 Å². The molecule has 1 aliphatic carbocycles. The van der Waals surface area contributed by atoms with Gasteiger partial charge in [0.05, 0.1) is 0 Å². The Morgan fingerprint density at radius 3 is 2.87 bits per heavy atom. The minimum absolute atomic E-state index is 0.769. The van der Waals surface area contributed by atoms with E-state index in [0.717, 1.165) is 23.5 Å². The van der Waals surface area contributed by atoms with Crippen LogP contribution >= 0.6 is 11.6 Å². The van der Waals surface area contributed by atoms with Crippen molar-refractivity contribution in [1.82, 2.24) is 10.2 Å². The van der Waals surface area contributed by atoms with Crippen LogP contribution in [0.15, 0.2) is 11.6 Å². The minimum Gasteiger partial charge on any atom is -0.314 e. The summed E-state index contributed by atoms with van der Waals surface area (Å²) in [6.45, 7) is 8.19. The molecule has 1 unspecified atom stereocenters. The number of nitrogens with zero attached hydrogens (tertiary/aromatic N) is 1. The molecular weight excluding hydrogens is 208 g/mol. The molecule has 0 bridgehead atoms. The molecule has 2 nitrogen and oxygen atoms in total. The van der Waals surface area contributed by atoms with Crippen molar-refractivity contribution >= 4 is 11.6 Å². The summed E-state index contributed by atoms with van der Waals surface area (Å²) in [5.41, 5.74) is 0. The van der Waals surface area contributed by atoms with E-state index in [2.05, 4.69) is 16.8 Å². The SMILES string of the molecule is C=C(Cl)CN1CCCC(CNC2CC2)C1. The van der Waals surface area contributed by atoms with Crippen molar-refractivity contribution in [2.45, 2.75) is 31.7 Å². The van der Waals surface area contributed by atoms with Crippen LogP contribution in [0.2, 0.25) is 0 Å². The van der Waals surface area contributed by atoms with Crippen LogP contribution in [0.5, 0.6) is 0 Å². The summed E-state index contributed by atoms with van der Waals surface area (Å²) in [4.78, 5) is 2.43. The van der Waals surface area contributed by atoms with Crippen molar-refractivity contribution in [3.8, 4) is 0 Å². The van der Waals surface area contributed by atoms with Crippen LogP contribution in [0.4, 0.5) is 0 Å². The lowest BCUT2D eigenvalue weighted by molar-refractivity contribution is 0.187. The fourth-order valence-corrected chi connectivity index (χ4v) is 2.49. The maximum absolute atomic E-state index is 5.84. The Bertz CT molecular complexity index is 226. The van der Waals surface area contributed by atoms with Gasteiger partial charge in [0.25, 0.3) is 0 Å². The summed E-state index contributed by atoms with van der Waals surface area (Å²) in [5.74, 6) is 0.815. The average Bonchev–Trinajstić information content (AvgIpc) is 2.97. The van der Waals surface area contributed by atoms with Gasteiger partial charge in [-0.3, -0.25) is 4.90 Å².